The fourth-order valence-electron chi connectivity index (χ4n) is 3.20. The number of nitrogens with one attached hydrogen (secondary N) is 1. The molecule has 134 valence electrons. The van der Waals surface area contributed by atoms with Gasteiger partial charge in [0.2, 0.25) is 0 Å². The summed E-state index contributed by atoms with van der Waals surface area (Å²) in [5.41, 5.74) is 9.66. The van der Waals surface area contributed by atoms with Gasteiger partial charge in [0, 0.05) is 34.3 Å². The van der Waals surface area contributed by atoms with E-state index in [0.29, 0.717) is 33.5 Å². The Morgan fingerprint density at radius 2 is 1.85 bits per heavy atom. The highest BCUT2D eigenvalue weighted by molar-refractivity contribution is 6.08. The number of anilines is 1. The number of nitrogen functional groups attached to an aromatic ring is 1. The van der Waals surface area contributed by atoms with Gasteiger partial charge in [0.15, 0.2) is 0 Å². The first-order valence-corrected chi connectivity index (χ1v) is 8.23. The van der Waals surface area contributed by atoms with Crippen LogP contribution < -0.4 is 11.1 Å². The average molecular weight is 360 g/mol. The molecule has 2 aliphatic rings. The molecule has 4 rings (SSSR count). The van der Waals surface area contributed by atoms with Gasteiger partial charge in [-0.25, -0.2) is 4.79 Å². The zero-order valence-electron chi connectivity index (χ0n) is 14.5. The minimum atomic E-state index is -0.595. The van der Waals surface area contributed by atoms with Gasteiger partial charge in [0.25, 0.3) is 0 Å². The van der Waals surface area contributed by atoms with Gasteiger partial charge in [-0.15, -0.1) is 0 Å². The summed E-state index contributed by atoms with van der Waals surface area (Å²) in [4.78, 5) is 21.7. The van der Waals surface area contributed by atoms with Crippen LogP contribution in [0.5, 0.6) is 0 Å². The maximum atomic E-state index is 12.4. The first-order valence-electron chi connectivity index (χ1n) is 8.23. The van der Waals surface area contributed by atoms with E-state index in [0.717, 1.165) is 16.5 Å². The molecule has 0 saturated carbocycles. The molecule has 2 aromatic rings. The van der Waals surface area contributed by atoms with Crippen LogP contribution in [0.25, 0.3) is 33.4 Å². The molecule has 3 N–H and O–H groups in total. The first-order chi connectivity index (χ1) is 13.1. The Bertz CT molecular complexity index is 1200. The highest BCUT2D eigenvalue weighted by Crippen LogP contribution is 2.41. The largest absolute Gasteiger partial charge is 0.456 e. The lowest BCUT2D eigenvalue weighted by atomic mass is 9.91. The lowest BCUT2D eigenvalue weighted by molar-refractivity contribution is -0.216. The SMILES string of the molecule is COOC(=O)c1ccccc1-c1c2ccc(=N)cc-2oc2cc(N)ccc12. The van der Waals surface area contributed by atoms with Crippen LogP contribution in [0, 0.1) is 5.41 Å². The molecule has 0 amide bonds. The molecule has 0 bridgehead atoms. The van der Waals surface area contributed by atoms with Gasteiger partial charge in [-0.3, -0.25) is 4.89 Å². The molecule has 2 aromatic carbocycles. The quantitative estimate of drug-likeness (QED) is 0.249. The van der Waals surface area contributed by atoms with Crippen LogP contribution in [0.4, 0.5) is 5.69 Å². The molecule has 1 aliphatic heterocycles. The Hall–Kier alpha value is -3.64. The Kier molecular flexibility index (Phi) is 4.10. The van der Waals surface area contributed by atoms with Gasteiger partial charge in [-0.05, 0) is 35.9 Å². The van der Waals surface area contributed by atoms with E-state index in [1.54, 1.807) is 36.4 Å². The van der Waals surface area contributed by atoms with Crippen LogP contribution in [-0.2, 0) is 9.78 Å². The second kappa shape index (κ2) is 6.59. The predicted molar refractivity (Wildman–Crippen MR) is 101 cm³/mol. The summed E-state index contributed by atoms with van der Waals surface area (Å²) in [5, 5.41) is 9.02. The third-order valence-electron chi connectivity index (χ3n) is 4.32. The Morgan fingerprint density at radius 1 is 1.04 bits per heavy atom. The van der Waals surface area contributed by atoms with Gasteiger partial charge in [-0.2, -0.15) is 4.89 Å². The van der Waals surface area contributed by atoms with Crippen LogP contribution in [0.2, 0.25) is 0 Å². The standard InChI is InChI=1S/C21H16N2O4/c1-25-27-21(24)15-5-3-2-4-14(15)20-16-8-6-12(22)10-18(16)26-19-11-13(23)7-9-17(19)20/h2-11,22H,23H2,1H3. The number of hydrogen-bond donors (Lipinski definition) is 2. The number of carbonyl (C=O) groups is 1. The van der Waals surface area contributed by atoms with E-state index in [1.165, 1.54) is 7.11 Å². The molecule has 0 spiro atoms. The summed E-state index contributed by atoms with van der Waals surface area (Å²) < 4.78 is 5.98. The second-order valence-electron chi connectivity index (χ2n) is 6.03. The van der Waals surface area contributed by atoms with Crippen LogP contribution in [-0.4, -0.2) is 13.1 Å². The highest BCUT2D eigenvalue weighted by Gasteiger charge is 2.22. The summed E-state index contributed by atoms with van der Waals surface area (Å²) in [6.07, 6.45) is 0. The molecule has 1 aliphatic carbocycles. The fraction of sp³-hybridized carbons (Fsp3) is 0.0476. The van der Waals surface area contributed by atoms with Crippen LogP contribution in [0.3, 0.4) is 0 Å². The summed E-state index contributed by atoms with van der Waals surface area (Å²) >= 11 is 0. The normalized spacial score (nSPS) is 11.0. The van der Waals surface area contributed by atoms with E-state index in [1.807, 2.05) is 24.3 Å². The van der Waals surface area contributed by atoms with Crippen molar-refractivity contribution in [3.8, 4) is 22.5 Å². The van der Waals surface area contributed by atoms with Crippen molar-refractivity contribution in [2.45, 2.75) is 0 Å². The molecule has 6 nitrogen and oxygen atoms in total. The average Bonchev–Trinajstić information content (AvgIpc) is 2.66. The van der Waals surface area contributed by atoms with Gasteiger partial charge in [0.05, 0.1) is 18.0 Å². The van der Waals surface area contributed by atoms with Gasteiger partial charge >= 0.3 is 5.97 Å². The summed E-state index contributed by atoms with van der Waals surface area (Å²) in [5.74, 6) is -0.0618. The van der Waals surface area contributed by atoms with E-state index in [9.17, 15) is 4.79 Å². The van der Waals surface area contributed by atoms with E-state index in [-0.39, 0.29) is 0 Å². The number of carbonyl (C=O) groups excluding carboxylic acids is 1. The molecule has 0 fully saturated rings. The fourth-order valence-corrected chi connectivity index (χ4v) is 3.20. The van der Waals surface area contributed by atoms with Crippen molar-refractivity contribution >= 4 is 22.6 Å². The second-order valence-corrected chi connectivity index (χ2v) is 6.03. The Balaban J connectivity index is 2.13. The van der Waals surface area contributed by atoms with E-state index >= 15 is 0 Å². The van der Waals surface area contributed by atoms with Crippen molar-refractivity contribution in [3.05, 3.63) is 71.6 Å². The van der Waals surface area contributed by atoms with E-state index in [2.05, 4.69) is 4.89 Å². The lowest BCUT2D eigenvalue weighted by Crippen LogP contribution is -2.07. The van der Waals surface area contributed by atoms with Crippen molar-refractivity contribution in [1.82, 2.24) is 0 Å². The van der Waals surface area contributed by atoms with Crippen molar-refractivity contribution in [3.63, 3.8) is 0 Å². The van der Waals surface area contributed by atoms with E-state index < -0.39 is 5.97 Å². The number of benzene rings is 3. The zero-order valence-corrected chi connectivity index (χ0v) is 14.5. The number of nitrogens with two attached hydrogens (primary N) is 1. The van der Waals surface area contributed by atoms with Crippen LogP contribution in [0.15, 0.2) is 65.1 Å². The van der Waals surface area contributed by atoms with E-state index in [4.69, 9.17) is 20.4 Å². The highest BCUT2D eigenvalue weighted by atomic mass is 17.2. The molecule has 1 heterocycles. The predicted octanol–water partition coefficient (Wildman–Crippen LogP) is 3.98. The van der Waals surface area contributed by atoms with Crippen LogP contribution in [0.1, 0.15) is 10.4 Å². The van der Waals surface area contributed by atoms with Crippen LogP contribution >= 0.6 is 0 Å². The topological polar surface area (TPSA) is 98.5 Å². The lowest BCUT2D eigenvalue weighted by Gasteiger charge is -2.17. The van der Waals surface area contributed by atoms with Crippen molar-refractivity contribution in [1.29, 1.82) is 5.41 Å². The summed E-state index contributed by atoms with van der Waals surface area (Å²) in [7, 11) is 1.28. The number of rotatable bonds is 3. The Labute approximate surface area is 154 Å². The summed E-state index contributed by atoms with van der Waals surface area (Å²) in [6.45, 7) is 0. The molecular weight excluding hydrogens is 344 g/mol. The molecule has 0 aromatic heterocycles. The zero-order chi connectivity index (χ0) is 19.0. The third kappa shape index (κ3) is 2.92. The smallest absolute Gasteiger partial charge is 0.373 e. The molecular formula is C21H16N2O4. The molecule has 0 unspecified atom stereocenters. The van der Waals surface area contributed by atoms with Gasteiger partial charge < -0.3 is 15.6 Å². The summed E-state index contributed by atoms with van der Waals surface area (Å²) in [6, 6.07) is 17.6. The third-order valence-corrected chi connectivity index (χ3v) is 4.32. The number of fused-ring (bicyclic) bond motifs is 2. The monoisotopic (exact) mass is 360 g/mol. The maximum Gasteiger partial charge on any atom is 0.373 e. The molecule has 0 radical (unpaired) electrons. The Morgan fingerprint density at radius 3 is 2.67 bits per heavy atom. The van der Waals surface area contributed by atoms with Crippen molar-refractivity contribution in [2.75, 3.05) is 12.8 Å². The van der Waals surface area contributed by atoms with Gasteiger partial charge in [0.1, 0.15) is 11.3 Å². The molecule has 0 atom stereocenters. The number of hydrogen-bond acceptors (Lipinski definition) is 6. The first kappa shape index (κ1) is 16.8. The minimum Gasteiger partial charge on any atom is -0.456 e. The van der Waals surface area contributed by atoms with Crippen molar-refractivity contribution < 1.29 is 19.0 Å². The molecule has 27 heavy (non-hydrogen) atoms. The van der Waals surface area contributed by atoms with Crippen molar-refractivity contribution in [2.24, 2.45) is 0 Å². The molecule has 0 saturated heterocycles. The maximum absolute atomic E-state index is 12.4. The molecule has 6 heteroatoms. The van der Waals surface area contributed by atoms with Gasteiger partial charge in [-0.1, -0.05) is 18.2 Å². The minimum absolute atomic E-state index is 0.326.